The van der Waals surface area contributed by atoms with E-state index >= 15 is 0 Å². The van der Waals surface area contributed by atoms with Crippen LogP contribution in [-0.2, 0) is 52.3 Å². The van der Waals surface area contributed by atoms with Crippen molar-refractivity contribution in [1.29, 1.82) is 0 Å². The van der Waals surface area contributed by atoms with E-state index in [0.717, 1.165) is 5.56 Å². The maximum atomic E-state index is 12.0. The van der Waals surface area contributed by atoms with Gasteiger partial charge >= 0.3 is 5.97 Å². The number of ether oxygens (including phenoxy) is 7. The van der Waals surface area contributed by atoms with Crippen molar-refractivity contribution in [1.82, 2.24) is 0 Å². The molecule has 0 saturated heterocycles. The number of hydrogen-bond acceptors (Lipinski definition) is 11. The van der Waals surface area contributed by atoms with Crippen molar-refractivity contribution in [2.75, 3.05) is 93.0 Å². The molecule has 0 atom stereocenters. The maximum Gasteiger partial charge on any atom is 0.307 e. The number of rotatable bonds is 23. The number of carbonyl (C=O) groups is 1. The minimum absolute atomic E-state index is 0.0603. The molecule has 11 nitrogen and oxygen atoms in total. The van der Waals surface area contributed by atoms with Crippen molar-refractivity contribution < 1.29 is 50.6 Å². The van der Waals surface area contributed by atoms with Gasteiger partial charge < -0.3 is 33.2 Å². The molecule has 0 aliphatic heterocycles. The Morgan fingerprint density at radius 2 is 1.00 bits per heavy atom. The third-order valence-corrected chi connectivity index (χ3v) is 5.64. The molecule has 12 heteroatoms. The molecule has 0 fully saturated rings. The van der Waals surface area contributed by atoms with Crippen molar-refractivity contribution >= 4 is 16.1 Å². The van der Waals surface area contributed by atoms with Gasteiger partial charge in [0.05, 0.1) is 104 Å². The summed E-state index contributed by atoms with van der Waals surface area (Å²) in [5.41, 5.74) is 0.973. The van der Waals surface area contributed by atoms with Gasteiger partial charge in [-0.1, -0.05) is 17.7 Å². The average molecular weight is 523 g/mol. The molecule has 0 aromatic heterocycles. The Morgan fingerprint density at radius 3 is 1.40 bits per heavy atom. The number of methoxy groups -OCH3 is 1. The summed E-state index contributed by atoms with van der Waals surface area (Å²) in [6.45, 7) is 6.48. The van der Waals surface area contributed by atoms with Crippen molar-refractivity contribution in [2.24, 2.45) is 0 Å². The van der Waals surface area contributed by atoms with Gasteiger partial charge in [0.1, 0.15) is 0 Å². The summed E-state index contributed by atoms with van der Waals surface area (Å²) in [5, 5.41) is 0. The van der Waals surface area contributed by atoms with Crippen LogP contribution in [0.5, 0.6) is 0 Å². The maximum absolute atomic E-state index is 12.0. The largest absolute Gasteiger partial charge is 0.469 e. The molecule has 0 spiro atoms. The molecule has 1 rings (SSSR count). The highest BCUT2D eigenvalue weighted by Crippen LogP contribution is 2.12. The van der Waals surface area contributed by atoms with E-state index in [4.69, 9.17) is 32.6 Å². The summed E-state index contributed by atoms with van der Waals surface area (Å²) in [7, 11) is -2.43. The Morgan fingerprint density at radius 1 is 0.629 bits per heavy atom. The number of hydrogen-bond donors (Lipinski definition) is 0. The van der Waals surface area contributed by atoms with Crippen LogP contribution in [0.3, 0.4) is 0 Å². The van der Waals surface area contributed by atoms with Crippen LogP contribution in [0.15, 0.2) is 29.2 Å². The van der Waals surface area contributed by atoms with Gasteiger partial charge in [0.15, 0.2) is 0 Å². The standard InChI is InChI=1S/C23H38O11S/c1-21-3-5-22(6-4-21)35(25,26)34-20-19-33-18-17-32-16-15-31-14-13-30-12-11-29-10-9-28-8-7-23(24)27-2/h3-6H,7-20H2,1-2H3. The molecule has 0 aliphatic carbocycles. The van der Waals surface area contributed by atoms with Crippen molar-refractivity contribution in [2.45, 2.75) is 18.2 Å². The van der Waals surface area contributed by atoms with Gasteiger partial charge in [0, 0.05) is 0 Å². The van der Waals surface area contributed by atoms with Crippen LogP contribution in [0.2, 0.25) is 0 Å². The second-order valence-corrected chi connectivity index (χ2v) is 8.70. The van der Waals surface area contributed by atoms with Crippen molar-refractivity contribution in [3.8, 4) is 0 Å². The lowest BCUT2D eigenvalue weighted by atomic mass is 10.2. The molecule has 0 N–H and O–H groups in total. The first-order valence-corrected chi connectivity index (χ1v) is 12.9. The van der Waals surface area contributed by atoms with Crippen LogP contribution < -0.4 is 0 Å². The predicted octanol–water partition coefficient (Wildman–Crippen LogP) is 1.36. The van der Waals surface area contributed by atoms with Crippen molar-refractivity contribution in [3.63, 3.8) is 0 Å². The molecule has 0 heterocycles. The summed E-state index contributed by atoms with van der Waals surface area (Å²) in [5.74, 6) is -0.297. The molecule has 202 valence electrons. The lowest BCUT2D eigenvalue weighted by molar-refractivity contribution is -0.141. The van der Waals surface area contributed by atoms with Crippen LogP contribution in [0, 0.1) is 6.92 Å². The molecule has 1 aromatic carbocycles. The molecule has 0 unspecified atom stereocenters. The SMILES string of the molecule is COC(=O)CCOCCOCCOCCOCCOCCOCCOS(=O)(=O)c1ccc(C)cc1. The van der Waals surface area contributed by atoms with Crippen molar-refractivity contribution in [3.05, 3.63) is 29.8 Å². The van der Waals surface area contributed by atoms with E-state index in [2.05, 4.69) is 4.74 Å². The first-order chi connectivity index (χ1) is 17.0. The first kappa shape index (κ1) is 31.4. The highest BCUT2D eigenvalue weighted by Gasteiger charge is 2.14. The van der Waals surface area contributed by atoms with E-state index in [0.29, 0.717) is 72.7 Å². The average Bonchev–Trinajstić information content (AvgIpc) is 2.85. The normalized spacial score (nSPS) is 11.6. The predicted molar refractivity (Wildman–Crippen MR) is 126 cm³/mol. The summed E-state index contributed by atoms with van der Waals surface area (Å²) >= 11 is 0. The zero-order valence-corrected chi connectivity index (χ0v) is 21.4. The van der Waals surface area contributed by atoms with E-state index in [9.17, 15) is 13.2 Å². The van der Waals surface area contributed by atoms with Gasteiger partial charge in [-0.25, -0.2) is 0 Å². The highest BCUT2D eigenvalue weighted by molar-refractivity contribution is 7.86. The molecule has 0 bridgehead atoms. The van der Waals surface area contributed by atoms with Crippen LogP contribution >= 0.6 is 0 Å². The molecular weight excluding hydrogens is 484 g/mol. The Balaban J connectivity index is 1.78. The van der Waals surface area contributed by atoms with Gasteiger partial charge in [0.25, 0.3) is 10.1 Å². The molecular formula is C23H38O11S. The lowest BCUT2D eigenvalue weighted by Gasteiger charge is -2.08. The molecule has 35 heavy (non-hydrogen) atoms. The van der Waals surface area contributed by atoms with Gasteiger partial charge in [-0.3, -0.25) is 8.98 Å². The molecule has 1 aromatic rings. The number of benzene rings is 1. The van der Waals surface area contributed by atoms with Gasteiger partial charge in [-0.05, 0) is 19.1 Å². The van der Waals surface area contributed by atoms with Crippen LogP contribution in [0.4, 0.5) is 0 Å². The molecule has 0 radical (unpaired) electrons. The van der Waals surface area contributed by atoms with E-state index in [1.807, 2.05) is 6.92 Å². The summed E-state index contributed by atoms with van der Waals surface area (Å²) in [6, 6.07) is 6.46. The topological polar surface area (TPSA) is 125 Å². The van der Waals surface area contributed by atoms with Crippen LogP contribution in [0.25, 0.3) is 0 Å². The first-order valence-electron chi connectivity index (χ1n) is 11.4. The fraction of sp³-hybridized carbons (Fsp3) is 0.696. The number of esters is 1. The van der Waals surface area contributed by atoms with Gasteiger partial charge in [0.2, 0.25) is 0 Å². The summed E-state index contributed by atoms with van der Waals surface area (Å²) in [6.07, 6.45) is 0.234. The summed E-state index contributed by atoms with van der Waals surface area (Å²) in [4.78, 5) is 11.0. The number of carbonyl (C=O) groups excluding carboxylic acids is 1. The Hall–Kier alpha value is -1.64. The Kier molecular flexibility index (Phi) is 18.4. The van der Waals surface area contributed by atoms with E-state index < -0.39 is 10.1 Å². The summed E-state index contributed by atoms with van der Waals surface area (Å²) < 4.78 is 65.5. The minimum Gasteiger partial charge on any atom is -0.469 e. The molecule has 0 aliphatic rings. The van der Waals surface area contributed by atoms with Gasteiger partial charge in [-0.2, -0.15) is 8.42 Å². The highest BCUT2D eigenvalue weighted by atomic mass is 32.2. The third-order valence-electron chi connectivity index (χ3n) is 4.31. The fourth-order valence-electron chi connectivity index (χ4n) is 2.43. The minimum atomic E-state index is -3.77. The molecule has 0 amide bonds. The van der Waals surface area contributed by atoms with E-state index in [1.165, 1.54) is 19.2 Å². The quantitative estimate of drug-likeness (QED) is 0.117. The zero-order chi connectivity index (χ0) is 25.6. The number of aryl methyl sites for hydroxylation is 1. The van der Waals surface area contributed by atoms with E-state index in [1.54, 1.807) is 12.1 Å². The lowest BCUT2D eigenvalue weighted by Crippen LogP contribution is -2.15. The Bertz CT molecular complexity index is 753. The zero-order valence-electron chi connectivity index (χ0n) is 20.6. The third kappa shape index (κ3) is 17.4. The second kappa shape index (κ2) is 20.5. The second-order valence-electron chi connectivity index (χ2n) is 7.09. The van der Waals surface area contributed by atoms with Gasteiger partial charge in [-0.15, -0.1) is 0 Å². The monoisotopic (exact) mass is 522 g/mol. The fourth-order valence-corrected chi connectivity index (χ4v) is 3.33. The van der Waals surface area contributed by atoms with Crippen LogP contribution in [0.1, 0.15) is 12.0 Å². The Labute approximate surface area is 208 Å². The van der Waals surface area contributed by atoms with Crippen LogP contribution in [-0.4, -0.2) is 107 Å². The van der Waals surface area contributed by atoms with E-state index in [-0.39, 0.29) is 30.5 Å². The molecule has 0 saturated carbocycles. The smallest absolute Gasteiger partial charge is 0.307 e.